The second-order valence-corrected chi connectivity index (χ2v) is 3.32. The molecule has 0 aromatic rings. The predicted octanol–water partition coefficient (Wildman–Crippen LogP) is 0.632. The average molecular weight is 153 g/mol. The van der Waals surface area contributed by atoms with Crippen LogP contribution in [0.1, 0.15) is 0 Å². The molecule has 1 N–H and O–H groups in total. The maximum absolute atomic E-state index is 10.9. The molecule has 2 rings (SSSR count). The van der Waals surface area contributed by atoms with Gasteiger partial charge in [0.05, 0.1) is 11.4 Å². The highest BCUT2D eigenvalue weighted by molar-refractivity contribution is 7.92. The van der Waals surface area contributed by atoms with Crippen molar-refractivity contribution in [2.45, 2.75) is 6.04 Å². The van der Waals surface area contributed by atoms with E-state index in [9.17, 15) is 4.55 Å². The van der Waals surface area contributed by atoms with E-state index >= 15 is 0 Å². The molecule has 52 valence electrons. The molecule has 0 fully saturated rings. The van der Waals surface area contributed by atoms with E-state index in [1.165, 1.54) is 0 Å². The summed E-state index contributed by atoms with van der Waals surface area (Å²) in [6.45, 7) is 0. The van der Waals surface area contributed by atoms with Crippen LogP contribution >= 0.6 is 0 Å². The monoisotopic (exact) mass is 153 g/mol. The Morgan fingerprint density at radius 3 is 3.20 bits per heavy atom. The van der Waals surface area contributed by atoms with E-state index in [-0.39, 0.29) is 6.04 Å². The van der Waals surface area contributed by atoms with Gasteiger partial charge in [0.1, 0.15) is 11.4 Å². The molecule has 10 heavy (non-hydrogen) atoms. The first-order valence-electron chi connectivity index (χ1n) is 3.09. The van der Waals surface area contributed by atoms with Crippen LogP contribution in [0.4, 0.5) is 0 Å². The van der Waals surface area contributed by atoms with Crippen molar-refractivity contribution in [1.29, 1.82) is 0 Å². The lowest BCUT2D eigenvalue weighted by atomic mass is 10.1. The van der Waals surface area contributed by atoms with Crippen LogP contribution in [0.15, 0.2) is 35.3 Å². The van der Waals surface area contributed by atoms with Gasteiger partial charge in [0.2, 0.25) is 0 Å². The van der Waals surface area contributed by atoms with Crippen LogP contribution in [0.3, 0.4) is 0 Å². The van der Waals surface area contributed by atoms with Gasteiger partial charge >= 0.3 is 0 Å². The molecule has 0 spiro atoms. The molecule has 1 heterocycles. The van der Waals surface area contributed by atoms with Crippen LogP contribution < -0.4 is 4.72 Å². The summed E-state index contributed by atoms with van der Waals surface area (Å²) >= 11 is -0.957. The zero-order valence-corrected chi connectivity index (χ0v) is 6.10. The van der Waals surface area contributed by atoms with Crippen LogP contribution in [0, 0.1) is 0 Å². The van der Waals surface area contributed by atoms with Gasteiger partial charge in [-0.2, -0.15) is 0 Å². The van der Waals surface area contributed by atoms with E-state index in [1.807, 2.05) is 24.3 Å². The number of allylic oxidation sites excluding steroid dienone is 2. The van der Waals surface area contributed by atoms with Crippen molar-refractivity contribution in [2.24, 2.45) is 0 Å². The quantitative estimate of drug-likeness (QED) is 0.518. The highest BCUT2D eigenvalue weighted by atomic mass is 32.2. The normalized spacial score (nSPS) is 35.9. The van der Waals surface area contributed by atoms with E-state index in [0.717, 1.165) is 5.57 Å². The van der Waals surface area contributed by atoms with E-state index in [1.54, 1.807) is 5.41 Å². The van der Waals surface area contributed by atoms with E-state index < -0.39 is 11.4 Å². The number of rotatable bonds is 0. The maximum atomic E-state index is 10.9. The van der Waals surface area contributed by atoms with Gasteiger partial charge in [-0.25, -0.2) is 0 Å². The van der Waals surface area contributed by atoms with Crippen molar-refractivity contribution >= 4 is 11.4 Å². The summed E-state index contributed by atoms with van der Waals surface area (Å²) in [6.07, 6.45) is 7.88. The minimum Gasteiger partial charge on any atom is -0.593 e. The fourth-order valence-electron chi connectivity index (χ4n) is 1.06. The summed E-state index contributed by atoms with van der Waals surface area (Å²) in [5.41, 5.74) is 1.11. The third-order valence-corrected chi connectivity index (χ3v) is 2.52. The van der Waals surface area contributed by atoms with Gasteiger partial charge in [-0.1, -0.05) is 24.3 Å². The van der Waals surface area contributed by atoms with Gasteiger partial charge < -0.3 is 4.55 Å². The first-order valence-corrected chi connectivity index (χ1v) is 4.31. The molecule has 2 unspecified atom stereocenters. The molecular weight excluding hydrogens is 146 g/mol. The zero-order valence-electron chi connectivity index (χ0n) is 5.28. The zero-order chi connectivity index (χ0) is 6.97. The lowest BCUT2D eigenvalue weighted by Gasteiger charge is -2.06. The van der Waals surface area contributed by atoms with E-state index in [0.29, 0.717) is 0 Å². The Morgan fingerprint density at radius 2 is 2.40 bits per heavy atom. The Kier molecular flexibility index (Phi) is 1.41. The van der Waals surface area contributed by atoms with Gasteiger partial charge in [-0.3, -0.25) is 0 Å². The lowest BCUT2D eigenvalue weighted by molar-refractivity contribution is 0.592. The minimum atomic E-state index is -0.957. The SMILES string of the molecule is [O-][S+]1C=C2C=CC=CC2N1. The molecule has 0 amide bonds. The highest BCUT2D eigenvalue weighted by Gasteiger charge is 2.25. The van der Waals surface area contributed by atoms with Crippen molar-refractivity contribution in [3.8, 4) is 0 Å². The standard InChI is InChI=1S/C7H7NOS/c9-10-5-6-3-1-2-4-7(6)8-10/h1-5,7-8H. The summed E-state index contributed by atoms with van der Waals surface area (Å²) in [5, 5.41) is 1.74. The van der Waals surface area contributed by atoms with Crippen molar-refractivity contribution in [3.05, 3.63) is 35.3 Å². The Bertz CT molecular complexity index is 232. The van der Waals surface area contributed by atoms with Gasteiger partial charge in [-0.05, 0) is 0 Å². The molecule has 2 atom stereocenters. The lowest BCUT2D eigenvalue weighted by Crippen LogP contribution is -2.26. The van der Waals surface area contributed by atoms with E-state index in [2.05, 4.69) is 4.72 Å². The van der Waals surface area contributed by atoms with Gasteiger partial charge in [0, 0.05) is 5.57 Å². The number of nitrogens with one attached hydrogen (secondary N) is 1. The average Bonchev–Trinajstić information content (AvgIpc) is 2.27. The first-order chi connectivity index (χ1) is 4.86. The summed E-state index contributed by atoms with van der Waals surface area (Å²) in [4.78, 5) is 0. The van der Waals surface area contributed by atoms with Crippen LogP contribution in [-0.2, 0) is 11.4 Å². The third-order valence-electron chi connectivity index (χ3n) is 1.55. The molecule has 2 nitrogen and oxygen atoms in total. The highest BCUT2D eigenvalue weighted by Crippen LogP contribution is 2.19. The molecule has 1 aliphatic carbocycles. The Morgan fingerprint density at radius 1 is 1.50 bits per heavy atom. The molecule has 2 aliphatic rings. The molecule has 0 bridgehead atoms. The van der Waals surface area contributed by atoms with Crippen LogP contribution in [-0.4, -0.2) is 10.6 Å². The molecule has 0 aromatic heterocycles. The number of fused-ring (bicyclic) bond motifs is 1. The summed E-state index contributed by atoms with van der Waals surface area (Å²) in [7, 11) is 0. The molecule has 0 saturated heterocycles. The van der Waals surface area contributed by atoms with Crippen molar-refractivity contribution in [1.82, 2.24) is 4.72 Å². The van der Waals surface area contributed by atoms with E-state index in [4.69, 9.17) is 0 Å². The smallest absolute Gasteiger partial charge is 0.143 e. The second-order valence-electron chi connectivity index (χ2n) is 2.25. The van der Waals surface area contributed by atoms with Crippen molar-refractivity contribution in [3.63, 3.8) is 0 Å². The molecular formula is C7H7NOS. The third kappa shape index (κ3) is 0.923. The largest absolute Gasteiger partial charge is 0.593 e. The van der Waals surface area contributed by atoms with Crippen molar-refractivity contribution < 1.29 is 4.55 Å². The molecule has 0 radical (unpaired) electrons. The number of hydrogen-bond donors (Lipinski definition) is 1. The topological polar surface area (TPSA) is 35.1 Å². The Balaban J connectivity index is 2.29. The van der Waals surface area contributed by atoms with Gasteiger partial charge in [0.25, 0.3) is 0 Å². The summed E-state index contributed by atoms with van der Waals surface area (Å²) < 4.78 is 13.8. The molecule has 3 heteroatoms. The minimum absolute atomic E-state index is 0.186. The molecule has 0 saturated carbocycles. The Labute approximate surface area is 62.6 Å². The number of hydrogen-bond acceptors (Lipinski definition) is 2. The maximum Gasteiger partial charge on any atom is 0.143 e. The Hall–Kier alpha value is -0.510. The van der Waals surface area contributed by atoms with Crippen LogP contribution in [0.25, 0.3) is 0 Å². The summed E-state index contributed by atoms with van der Waals surface area (Å²) in [6, 6.07) is 0.186. The van der Waals surface area contributed by atoms with Gasteiger partial charge in [0.15, 0.2) is 0 Å². The molecule has 0 aromatic carbocycles. The van der Waals surface area contributed by atoms with Crippen LogP contribution in [0.2, 0.25) is 0 Å². The fourth-order valence-corrected chi connectivity index (χ4v) is 2.06. The fraction of sp³-hybridized carbons (Fsp3) is 0.143. The van der Waals surface area contributed by atoms with Gasteiger partial charge in [-0.15, -0.1) is 4.72 Å². The first kappa shape index (κ1) is 6.22. The molecule has 1 aliphatic heterocycles. The second kappa shape index (κ2) is 2.27. The summed E-state index contributed by atoms with van der Waals surface area (Å²) in [5.74, 6) is 0. The van der Waals surface area contributed by atoms with Crippen LogP contribution in [0.5, 0.6) is 0 Å². The predicted molar refractivity (Wildman–Crippen MR) is 41.4 cm³/mol. The van der Waals surface area contributed by atoms with Crippen molar-refractivity contribution in [2.75, 3.05) is 0 Å².